The van der Waals surface area contributed by atoms with Crippen LogP contribution in [0.5, 0.6) is 0 Å². The van der Waals surface area contributed by atoms with Gasteiger partial charge in [0, 0.05) is 41.6 Å². The molecule has 3 aliphatic rings. The molecule has 0 spiro atoms. The molecule has 1 atom stereocenters. The van der Waals surface area contributed by atoms with E-state index in [0.717, 1.165) is 27.3 Å². The molecular formula is C26H23N7O5. The molecule has 4 amide bonds. The third-order valence-electron chi connectivity index (χ3n) is 7.01. The minimum atomic E-state index is -0.999. The summed E-state index contributed by atoms with van der Waals surface area (Å²) in [7, 11) is 0. The normalized spacial score (nSPS) is 19.8. The number of imide groups is 2. The highest BCUT2D eigenvalue weighted by molar-refractivity contribution is 6.21. The third kappa shape index (κ3) is 4.03. The molecule has 0 aliphatic carbocycles. The summed E-state index contributed by atoms with van der Waals surface area (Å²) in [5.74, 6) is -1.37. The van der Waals surface area contributed by atoms with Gasteiger partial charge in [-0.3, -0.25) is 29.4 Å². The van der Waals surface area contributed by atoms with Crippen LogP contribution in [-0.4, -0.2) is 66.1 Å². The van der Waals surface area contributed by atoms with Crippen molar-refractivity contribution in [1.82, 2.24) is 35.2 Å². The molecule has 12 nitrogen and oxygen atoms in total. The van der Waals surface area contributed by atoms with Gasteiger partial charge in [0.25, 0.3) is 11.8 Å². The highest BCUT2D eigenvalue weighted by Gasteiger charge is 2.48. The van der Waals surface area contributed by atoms with Gasteiger partial charge in [0.15, 0.2) is 0 Å². The number of rotatable bonds is 5. The number of amides is 4. The third-order valence-corrected chi connectivity index (χ3v) is 7.01. The summed E-state index contributed by atoms with van der Waals surface area (Å²) >= 11 is 0. The van der Waals surface area contributed by atoms with E-state index in [0.29, 0.717) is 30.8 Å². The van der Waals surface area contributed by atoms with Crippen molar-refractivity contribution in [2.24, 2.45) is 0 Å². The van der Waals surface area contributed by atoms with Crippen molar-refractivity contribution >= 4 is 23.6 Å². The smallest absolute Gasteiger partial charge is 0.278 e. The van der Waals surface area contributed by atoms with Gasteiger partial charge in [0.05, 0.1) is 6.54 Å². The van der Waals surface area contributed by atoms with Crippen LogP contribution in [0.25, 0.3) is 22.5 Å². The summed E-state index contributed by atoms with van der Waals surface area (Å²) in [4.78, 5) is 66.1. The van der Waals surface area contributed by atoms with Crippen molar-refractivity contribution in [3.8, 4) is 22.5 Å². The van der Waals surface area contributed by atoms with Crippen molar-refractivity contribution in [3.63, 3.8) is 0 Å². The Morgan fingerprint density at radius 3 is 2.76 bits per heavy atom. The van der Waals surface area contributed by atoms with Crippen molar-refractivity contribution in [2.75, 3.05) is 6.54 Å². The zero-order valence-corrected chi connectivity index (χ0v) is 20.5. The first-order valence-corrected chi connectivity index (χ1v) is 12.3. The lowest BCUT2D eigenvalue weighted by atomic mass is 10.0. The van der Waals surface area contributed by atoms with E-state index in [9.17, 15) is 19.2 Å². The average Bonchev–Trinajstić information content (AvgIpc) is 3.48. The highest BCUT2D eigenvalue weighted by atomic mass is 16.5. The molecule has 3 aliphatic heterocycles. The number of nitrogens with one attached hydrogen (secondary N) is 1. The van der Waals surface area contributed by atoms with Gasteiger partial charge in [-0.25, -0.2) is 9.97 Å². The lowest BCUT2D eigenvalue weighted by Crippen LogP contribution is -2.55. The first kappa shape index (κ1) is 23.6. The van der Waals surface area contributed by atoms with E-state index in [1.165, 1.54) is 6.33 Å². The van der Waals surface area contributed by atoms with Gasteiger partial charge in [-0.2, -0.15) is 4.98 Å². The van der Waals surface area contributed by atoms with E-state index < -0.39 is 29.7 Å². The first-order valence-electron chi connectivity index (χ1n) is 12.3. The maximum Gasteiger partial charge on any atom is 0.278 e. The van der Waals surface area contributed by atoms with Crippen LogP contribution >= 0.6 is 0 Å². The molecule has 2 aromatic heterocycles. The monoisotopic (exact) mass is 513 g/mol. The number of aryl methyl sites for hydroxylation is 1. The van der Waals surface area contributed by atoms with E-state index in [1.54, 1.807) is 11.1 Å². The Kier molecular flexibility index (Phi) is 5.78. The molecule has 1 fully saturated rings. The minimum Gasteiger partial charge on any atom is -0.357 e. The van der Waals surface area contributed by atoms with Crippen molar-refractivity contribution in [1.29, 1.82) is 0 Å². The quantitative estimate of drug-likeness (QED) is 0.497. The molecule has 0 radical (unpaired) electrons. The molecule has 192 valence electrons. The Morgan fingerprint density at radius 1 is 1.11 bits per heavy atom. The van der Waals surface area contributed by atoms with Gasteiger partial charge in [0.1, 0.15) is 18.1 Å². The van der Waals surface area contributed by atoms with E-state index in [1.807, 2.05) is 31.2 Å². The van der Waals surface area contributed by atoms with Crippen LogP contribution < -0.4 is 5.32 Å². The van der Waals surface area contributed by atoms with Crippen molar-refractivity contribution in [2.45, 2.75) is 45.2 Å². The molecule has 0 saturated carbocycles. The Morgan fingerprint density at radius 2 is 1.95 bits per heavy atom. The number of carbonyl (C=O) groups is 4. The summed E-state index contributed by atoms with van der Waals surface area (Å²) in [6.45, 7) is 2.56. The van der Waals surface area contributed by atoms with Gasteiger partial charge in [-0.1, -0.05) is 23.4 Å². The second kappa shape index (κ2) is 9.29. The lowest BCUT2D eigenvalue weighted by molar-refractivity contribution is -0.150. The molecule has 38 heavy (non-hydrogen) atoms. The van der Waals surface area contributed by atoms with E-state index in [4.69, 9.17) is 4.52 Å². The zero-order valence-electron chi connectivity index (χ0n) is 20.5. The van der Waals surface area contributed by atoms with Gasteiger partial charge < -0.3 is 9.42 Å². The fourth-order valence-corrected chi connectivity index (χ4v) is 5.16. The van der Waals surface area contributed by atoms with Gasteiger partial charge in [-0.05, 0) is 37.8 Å². The molecule has 1 N–H and O–H groups in total. The fourth-order valence-electron chi connectivity index (χ4n) is 5.16. The molecule has 1 saturated heterocycles. The maximum atomic E-state index is 13.4. The zero-order chi connectivity index (χ0) is 26.4. The van der Waals surface area contributed by atoms with E-state index in [2.05, 4.69) is 25.4 Å². The summed E-state index contributed by atoms with van der Waals surface area (Å²) in [6.07, 6.45) is 4.53. The molecule has 6 rings (SSSR count). The van der Waals surface area contributed by atoms with E-state index >= 15 is 0 Å². The molecular weight excluding hydrogens is 490 g/mol. The summed E-state index contributed by atoms with van der Waals surface area (Å²) < 4.78 is 5.51. The van der Waals surface area contributed by atoms with Gasteiger partial charge in [-0.15, -0.1) is 0 Å². The lowest BCUT2D eigenvalue weighted by Gasteiger charge is -2.29. The topological polar surface area (TPSA) is 151 Å². The molecule has 1 aromatic carbocycles. The van der Waals surface area contributed by atoms with Crippen LogP contribution in [0.3, 0.4) is 0 Å². The number of hydrogen-bond acceptors (Lipinski definition) is 10. The number of nitrogens with zero attached hydrogens (tertiary/aromatic N) is 6. The van der Waals surface area contributed by atoms with Crippen LogP contribution in [-0.2, 0) is 25.7 Å². The minimum absolute atomic E-state index is 0.0741. The second-order valence-electron chi connectivity index (χ2n) is 9.41. The number of benzene rings is 1. The van der Waals surface area contributed by atoms with Crippen LogP contribution in [0, 0.1) is 6.92 Å². The molecule has 1 unspecified atom stereocenters. The number of carbonyl (C=O) groups excluding carboxylic acids is 4. The summed E-state index contributed by atoms with van der Waals surface area (Å²) in [5, 5.41) is 6.35. The summed E-state index contributed by atoms with van der Waals surface area (Å²) in [5.41, 5.74) is 4.04. The van der Waals surface area contributed by atoms with Crippen LogP contribution in [0.15, 0.2) is 52.6 Å². The molecule has 3 aromatic rings. The number of hydrogen-bond donors (Lipinski definition) is 1. The van der Waals surface area contributed by atoms with E-state index in [-0.39, 0.29) is 31.0 Å². The number of piperidine rings is 1. The highest BCUT2D eigenvalue weighted by Crippen LogP contribution is 2.35. The first-order chi connectivity index (χ1) is 18.4. The van der Waals surface area contributed by atoms with Crippen LogP contribution in [0.1, 0.15) is 37.3 Å². The SMILES string of the molecule is Cc1ncncc1-c1cccc(-c2noc(CN3CCCC4=C3C(=O)N(C3CCC(=O)NC3=O)C4=O)n2)c1. The maximum absolute atomic E-state index is 13.4. The Balaban J connectivity index is 1.23. The Hall–Kier alpha value is -4.74. The van der Waals surface area contributed by atoms with Crippen LogP contribution in [0.4, 0.5) is 0 Å². The van der Waals surface area contributed by atoms with Gasteiger partial charge >= 0.3 is 0 Å². The largest absolute Gasteiger partial charge is 0.357 e. The van der Waals surface area contributed by atoms with Gasteiger partial charge in [0.2, 0.25) is 23.5 Å². The predicted molar refractivity (Wildman–Crippen MR) is 130 cm³/mol. The Bertz CT molecular complexity index is 1530. The Labute approximate surface area is 216 Å². The van der Waals surface area contributed by atoms with Crippen molar-refractivity contribution < 1.29 is 23.7 Å². The molecule has 5 heterocycles. The fraction of sp³-hybridized carbons (Fsp3) is 0.308. The van der Waals surface area contributed by atoms with Crippen molar-refractivity contribution in [3.05, 3.63) is 59.6 Å². The average molecular weight is 514 g/mol. The standard InChI is InChI=1S/C26H23N7O5/c1-14-18(11-27-13-28-14)15-4-2-5-16(10-15)23-30-21(38-31-23)12-32-9-3-6-17-22(32)26(37)33(25(17)36)19-7-8-20(34)29-24(19)35/h2,4-5,10-11,13,19H,3,6-9,12H2,1H3,(H,29,34,35). The predicted octanol–water partition coefficient (Wildman–Crippen LogP) is 1.53. The summed E-state index contributed by atoms with van der Waals surface area (Å²) in [6, 6.07) is 6.64. The van der Waals surface area contributed by atoms with Crippen LogP contribution in [0.2, 0.25) is 0 Å². The molecule has 12 heteroatoms. The second-order valence-corrected chi connectivity index (χ2v) is 9.41. The number of aromatic nitrogens is 4. The molecule has 0 bridgehead atoms.